The molecule has 1 aliphatic carbocycles. The molecule has 0 radical (unpaired) electrons. The molecule has 0 saturated heterocycles. The van der Waals surface area contributed by atoms with Crippen molar-refractivity contribution < 1.29 is 10.0 Å². The number of nitrogens with zero attached hydrogens (tertiary/aromatic N) is 1. The van der Waals surface area contributed by atoms with Gasteiger partial charge in [-0.25, -0.2) is 0 Å². The highest BCUT2D eigenvalue weighted by molar-refractivity contribution is 4.96. The summed E-state index contributed by atoms with van der Waals surface area (Å²) in [5.41, 5.74) is -2.29. The molecule has 1 aliphatic rings. The highest BCUT2D eigenvalue weighted by Crippen LogP contribution is 2.38. The number of hydrogen-bond donors (Lipinski definition) is 1. The molecule has 0 amide bonds. The van der Waals surface area contributed by atoms with Crippen LogP contribution in [0.4, 0.5) is 0 Å². The molecule has 1 N–H and O–H groups in total. The Hall–Kier alpha value is -0.640. The summed E-state index contributed by atoms with van der Waals surface area (Å²) in [6, 6.07) is 0. The van der Waals surface area contributed by atoms with Gasteiger partial charge in [0.2, 0.25) is 5.54 Å². The Morgan fingerprint density at radius 3 is 2.17 bits per heavy atom. The maximum Gasteiger partial charge on any atom is 0.247 e. The highest BCUT2D eigenvalue weighted by Gasteiger charge is 2.55. The molecule has 2 atom stereocenters. The maximum absolute atomic E-state index is 10.7. The lowest BCUT2D eigenvalue weighted by Crippen LogP contribution is -2.57. The van der Waals surface area contributed by atoms with Crippen molar-refractivity contribution in [2.75, 3.05) is 0 Å². The van der Waals surface area contributed by atoms with Crippen LogP contribution in [0.2, 0.25) is 0 Å². The fourth-order valence-corrected chi connectivity index (χ4v) is 1.76. The molecular formula is C8H15NO3. The average Bonchev–Trinajstić information content (AvgIpc) is 1.95. The second-order valence-electron chi connectivity index (χ2n) is 4.01. The largest absolute Gasteiger partial charge is 0.383 e. The van der Waals surface area contributed by atoms with Crippen molar-refractivity contribution in [3.63, 3.8) is 0 Å². The van der Waals surface area contributed by atoms with Gasteiger partial charge < -0.3 is 5.11 Å². The Balaban J connectivity index is 2.91. The van der Waals surface area contributed by atoms with Crippen LogP contribution in [-0.4, -0.2) is 21.2 Å². The van der Waals surface area contributed by atoms with E-state index in [0.29, 0.717) is 12.8 Å². The van der Waals surface area contributed by atoms with E-state index in [4.69, 9.17) is 0 Å². The molecule has 0 aromatic carbocycles. The third-order valence-electron chi connectivity index (χ3n) is 3.14. The van der Waals surface area contributed by atoms with Crippen molar-refractivity contribution in [1.82, 2.24) is 0 Å². The van der Waals surface area contributed by atoms with Gasteiger partial charge in [-0.1, -0.05) is 6.42 Å². The van der Waals surface area contributed by atoms with Crippen LogP contribution in [0.1, 0.15) is 39.5 Å². The fraction of sp³-hybridized carbons (Fsp3) is 1.00. The van der Waals surface area contributed by atoms with Crippen LogP contribution in [0.3, 0.4) is 0 Å². The second kappa shape index (κ2) is 2.69. The second-order valence-corrected chi connectivity index (χ2v) is 4.01. The fourth-order valence-electron chi connectivity index (χ4n) is 1.76. The molecule has 12 heavy (non-hydrogen) atoms. The lowest BCUT2D eigenvalue weighted by Gasteiger charge is -2.38. The lowest BCUT2D eigenvalue weighted by molar-refractivity contribution is -0.593. The van der Waals surface area contributed by atoms with Crippen LogP contribution in [0, 0.1) is 10.1 Å². The van der Waals surface area contributed by atoms with Crippen LogP contribution < -0.4 is 0 Å². The normalized spacial score (nSPS) is 42.6. The molecule has 0 aromatic rings. The third-order valence-corrected chi connectivity index (χ3v) is 3.14. The minimum Gasteiger partial charge on any atom is -0.383 e. The van der Waals surface area contributed by atoms with E-state index in [-0.39, 0.29) is 4.92 Å². The van der Waals surface area contributed by atoms with Gasteiger partial charge in [-0.3, -0.25) is 10.1 Å². The Morgan fingerprint density at radius 2 is 1.83 bits per heavy atom. The zero-order valence-corrected chi connectivity index (χ0v) is 7.54. The Labute approximate surface area is 71.7 Å². The van der Waals surface area contributed by atoms with Crippen molar-refractivity contribution in [3.8, 4) is 0 Å². The summed E-state index contributed by atoms with van der Waals surface area (Å²) in [7, 11) is 0. The van der Waals surface area contributed by atoms with Gasteiger partial charge in [-0.15, -0.1) is 0 Å². The van der Waals surface area contributed by atoms with Crippen molar-refractivity contribution >= 4 is 0 Å². The number of hydrogen-bond acceptors (Lipinski definition) is 3. The molecule has 0 spiro atoms. The molecule has 1 saturated carbocycles. The lowest BCUT2D eigenvalue weighted by atomic mass is 9.72. The van der Waals surface area contributed by atoms with Crippen LogP contribution in [-0.2, 0) is 0 Å². The van der Waals surface area contributed by atoms with Crippen LogP contribution in [0.15, 0.2) is 0 Å². The van der Waals surface area contributed by atoms with E-state index in [1.165, 1.54) is 6.92 Å². The summed E-state index contributed by atoms with van der Waals surface area (Å²) in [6.07, 6.45) is 2.74. The Bertz CT molecular complexity index is 202. The summed E-state index contributed by atoms with van der Waals surface area (Å²) in [6.45, 7) is 3.10. The monoisotopic (exact) mass is 173 g/mol. The van der Waals surface area contributed by atoms with Gasteiger partial charge in [0.15, 0.2) is 0 Å². The van der Waals surface area contributed by atoms with E-state index in [1.54, 1.807) is 6.92 Å². The van der Waals surface area contributed by atoms with Crippen LogP contribution >= 0.6 is 0 Å². The molecule has 4 nitrogen and oxygen atoms in total. The first-order valence-corrected chi connectivity index (χ1v) is 4.27. The zero-order chi connectivity index (χ0) is 9.41. The SMILES string of the molecule is CC1(O)CCCCC1(C)[N+](=O)[O-]. The van der Waals surface area contributed by atoms with E-state index >= 15 is 0 Å². The van der Waals surface area contributed by atoms with Gasteiger partial charge in [0.25, 0.3) is 0 Å². The van der Waals surface area contributed by atoms with Gasteiger partial charge in [-0.05, 0) is 19.8 Å². The van der Waals surface area contributed by atoms with Gasteiger partial charge in [0, 0.05) is 18.3 Å². The maximum atomic E-state index is 10.7. The van der Waals surface area contributed by atoms with Gasteiger partial charge in [0.1, 0.15) is 5.60 Å². The number of aliphatic hydroxyl groups is 1. The molecular weight excluding hydrogens is 158 g/mol. The van der Waals surface area contributed by atoms with Gasteiger partial charge >= 0.3 is 0 Å². The zero-order valence-electron chi connectivity index (χ0n) is 7.54. The molecule has 0 aromatic heterocycles. The van der Waals surface area contributed by atoms with Crippen LogP contribution in [0.25, 0.3) is 0 Å². The summed E-state index contributed by atoms with van der Waals surface area (Å²) < 4.78 is 0. The summed E-state index contributed by atoms with van der Waals surface area (Å²) in [5, 5.41) is 20.6. The minimum absolute atomic E-state index is 0.341. The predicted molar refractivity (Wildman–Crippen MR) is 44.5 cm³/mol. The molecule has 70 valence electrons. The van der Waals surface area contributed by atoms with Crippen molar-refractivity contribution in [2.45, 2.75) is 50.7 Å². The van der Waals surface area contributed by atoms with Crippen LogP contribution in [0.5, 0.6) is 0 Å². The van der Waals surface area contributed by atoms with Crippen molar-refractivity contribution in [1.29, 1.82) is 0 Å². The topological polar surface area (TPSA) is 63.4 Å². The Kier molecular flexibility index (Phi) is 2.12. The third kappa shape index (κ3) is 1.20. The summed E-state index contributed by atoms with van der Waals surface area (Å²) in [5.74, 6) is 0. The predicted octanol–water partition coefficient (Wildman–Crippen LogP) is 1.35. The molecule has 0 bridgehead atoms. The first-order chi connectivity index (χ1) is 5.40. The van der Waals surface area contributed by atoms with Gasteiger partial charge in [0.05, 0.1) is 0 Å². The molecule has 0 aliphatic heterocycles. The molecule has 2 unspecified atom stereocenters. The first-order valence-electron chi connectivity index (χ1n) is 4.27. The van der Waals surface area contributed by atoms with Gasteiger partial charge in [-0.2, -0.15) is 0 Å². The van der Waals surface area contributed by atoms with Crippen molar-refractivity contribution in [2.24, 2.45) is 0 Å². The molecule has 1 rings (SSSR count). The molecule has 1 fully saturated rings. The minimum atomic E-state index is -1.15. The average molecular weight is 173 g/mol. The summed E-state index contributed by atoms with van der Waals surface area (Å²) >= 11 is 0. The quantitative estimate of drug-likeness (QED) is 0.481. The number of rotatable bonds is 1. The Morgan fingerprint density at radius 1 is 1.33 bits per heavy atom. The number of nitro groups is 1. The van der Waals surface area contributed by atoms with E-state index < -0.39 is 11.1 Å². The van der Waals surface area contributed by atoms with E-state index in [9.17, 15) is 15.2 Å². The molecule has 0 heterocycles. The summed E-state index contributed by atoms with van der Waals surface area (Å²) in [4.78, 5) is 10.4. The van der Waals surface area contributed by atoms with Crippen molar-refractivity contribution in [3.05, 3.63) is 10.1 Å². The molecule has 4 heteroatoms. The first kappa shape index (κ1) is 9.45. The van der Waals surface area contributed by atoms with E-state index in [0.717, 1.165) is 12.8 Å². The van der Waals surface area contributed by atoms with E-state index in [1.807, 2.05) is 0 Å². The smallest absolute Gasteiger partial charge is 0.247 e. The van der Waals surface area contributed by atoms with E-state index in [2.05, 4.69) is 0 Å². The highest BCUT2D eigenvalue weighted by atomic mass is 16.6. The standard InChI is InChI=1S/C8H15NO3/c1-7(9(11)12)5-3-4-6-8(7,2)10/h10H,3-6H2,1-2H3.